The van der Waals surface area contributed by atoms with Gasteiger partial charge in [0.05, 0.1) is 0 Å². The summed E-state index contributed by atoms with van der Waals surface area (Å²) < 4.78 is 0. The van der Waals surface area contributed by atoms with Gasteiger partial charge in [0.2, 0.25) is 0 Å². The average molecular weight is 176 g/mol. The normalized spacial score (nSPS) is 29.5. The molecule has 0 spiro atoms. The topological polar surface area (TPSA) is 44.3 Å². The molecule has 68 valence electrons. The Morgan fingerprint density at radius 1 is 1.31 bits per heavy atom. The average Bonchev–Trinajstić information content (AvgIpc) is 2.64. The van der Waals surface area contributed by atoms with E-state index in [1.165, 1.54) is 11.3 Å². The zero-order chi connectivity index (χ0) is 8.84. The van der Waals surface area contributed by atoms with Crippen molar-refractivity contribution in [2.24, 2.45) is 0 Å². The van der Waals surface area contributed by atoms with Crippen LogP contribution < -0.4 is 10.6 Å². The molecule has 2 aliphatic rings. The van der Waals surface area contributed by atoms with Gasteiger partial charge in [0.25, 0.3) is 0 Å². The number of fused-ring (bicyclic) bond motifs is 3. The molecule has 1 fully saturated rings. The first-order chi connectivity index (χ1) is 6.34. The van der Waals surface area contributed by atoms with Crippen molar-refractivity contribution >= 4 is 5.69 Å². The number of benzene rings is 1. The molecule has 0 bridgehead atoms. The largest absolute Gasteiger partial charge is 0.508 e. The highest BCUT2D eigenvalue weighted by Crippen LogP contribution is 2.39. The third kappa shape index (κ3) is 0.937. The maximum absolute atomic E-state index is 9.37. The molecule has 1 aromatic carbocycles. The van der Waals surface area contributed by atoms with Gasteiger partial charge in [-0.1, -0.05) is 0 Å². The van der Waals surface area contributed by atoms with Gasteiger partial charge < -0.3 is 15.7 Å². The van der Waals surface area contributed by atoms with E-state index in [9.17, 15) is 5.11 Å². The minimum atomic E-state index is 0.369. The molecular weight excluding hydrogens is 164 g/mol. The second-order valence-corrected chi connectivity index (χ2v) is 3.79. The summed E-state index contributed by atoms with van der Waals surface area (Å²) in [5.41, 5.74) is 2.45. The highest BCUT2D eigenvalue weighted by Gasteiger charge is 2.35. The van der Waals surface area contributed by atoms with Crippen LogP contribution in [0.4, 0.5) is 5.69 Å². The SMILES string of the molecule is Oc1ccc2c(c1)C1CNCC1N2. The van der Waals surface area contributed by atoms with E-state index in [2.05, 4.69) is 10.6 Å². The van der Waals surface area contributed by atoms with E-state index in [4.69, 9.17) is 0 Å². The van der Waals surface area contributed by atoms with Crippen molar-refractivity contribution in [3.63, 3.8) is 0 Å². The van der Waals surface area contributed by atoms with E-state index in [0.29, 0.717) is 17.7 Å². The number of phenols is 1. The third-order valence-electron chi connectivity index (χ3n) is 2.99. The molecule has 1 aromatic rings. The summed E-state index contributed by atoms with van der Waals surface area (Å²) in [7, 11) is 0. The second kappa shape index (κ2) is 2.39. The Kier molecular flexibility index (Phi) is 1.32. The van der Waals surface area contributed by atoms with Crippen LogP contribution in [-0.2, 0) is 0 Å². The minimum Gasteiger partial charge on any atom is -0.508 e. The van der Waals surface area contributed by atoms with E-state index in [1.54, 1.807) is 6.07 Å². The molecule has 0 amide bonds. The fraction of sp³-hybridized carbons (Fsp3) is 0.400. The zero-order valence-corrected chi connectivity index (χ0v) is 7.25. The molecule has 13 heavy (non-hydrogen) atoms. The number of hydrogen-bond acceptors (Lipinski definition) is 3. The van der Waals surface area contributed by atoms with Gasteiger partial charge in [0, 0.05) is 30.7 Å². The van der Waals surface area contributed by atoms with Crippen molar-refractivity contribution in [2.45, 2.75) is 12.0 Å². The first kappa shape index (κ1) is 7.21. The highest BCUT2D eigenvalue weighted by molar-refractivity contribution is 5.62. The summed E-state index contributed by atoms with van der Waals surface area (Å²) in [6.07, 6.45) is 0. The smallest absolute Gasteiger partial charge is 0.116 e. The first-order valence-corrected chi connectivity index (χ1v) is 4.65. The molecular formula is C10H12N2O. The lowest BCUT2D eigenvalue weighted by Gasteiger charge is -2.06. The Labute approximate surface area is 76.8 Å². The fourth-order valence-corrected chi connectivity index (χ4v) is 2.35. The number of aromatic hydroxyl groups is 1. The molecule has 2 atom stereocenters. The molecule has 3 heteroatoms. The predicted octanol–water partition coefficient (Wildman–Crippen LogP) is 0.873. The molecule has 3 rings (SSSR count). The molecule has 0 aromatic heterocycles. The lowest BCUT2D eigenvalue weighted by atomic mass is 9.98. The summed E-state index contributed by atoms with van der Waals surface area (Å²) >= 11 is 0. The standard InChI is InChI=1S/C10H12N2O/c13-6-1-2-9-7(3-6)8-4-11-5-10(8)12-9/h1-3,8,10-13H,4-5H2. The van der Waals surface area contributed by atoms with Gasteiger partial charge in [0.15, 0.2) is 0 Å². The summed E-state index contributed by atoms with van der Waals surface area (Å²) in [6, 6.07) is 6.10. The van der Waals surface area contributed by atoms with Gasteiger partial charge in [-0.25, -0.2) is 0 Å². The molecule has 1 saturated heterocycles. The molecule has 2 unspecified atom stereocenters. The molecule has 3 nitrogen and oxygen atoms in total. The second-order valence-electron chi connectivity index (χ2n) is 3.79. The Hall–Kier alpha value is -1.22. The Balaban J connectivity index is 2.09. The van der Waals surface area contributed by atoms with Gasteiger partial charge >= 0.3 is 0 Å². The Bertz CT molecular complexity index is 351. The quantitative estimate of drug-likeness (QED) is 0.514. The van der Waals surface area contributed by atoms with E-state index >= 15 is 0 Å². The molecule has 0 saturated carbocycles. The van der Waals surface area contributed by atoms with E-state index in [-0.39, 0.29) is 0 Å². The van der Waals surface area contributed by atoms with Crippen LogP contribution in [0.2, 0.25) is 0 Å². The summed E-state index contributed by atoms with van der Waals surface area (Å²) in [6.45, 7) is 2.05. The maximum atomic E-state index is 9.37. The number of hydrogen-bond donors (Lipinski definition) is 3. The Morgan fingerprint density at radius 3 is 3.15 bits per heavy atom. The van der Waals surface area contributed by atoms with E-state index in [0.717, 1.165) is 13.1 Å². The summed E-state index contributed by atoms with van der Waals surface area (Å²) in [5, 5.41) is 16.2. The molecule has 2 heterocycles. The van der Waals surface area contributed by atoms with Crippen LogP contribution in [0, 0.1) is 0 Å². The molecule has 0 radical (unpaired) electrons. The number of rotatable bonds is 0. The molecule has 2 aliphatic heterocycles. The molecule has 3 N–H and O–H groups in total. The van der Waals surface area contributed by atoms with Crippen LogP contribution in [-0.4, -0.2) is 24.2 Å². The highest BCUT2D eigenvalue weighted by atomic mass is 16.3. The van der Waals surface area contributed by atoms with Crippen molar-refractivity contribution in [2.75, 3.05) is 18.4 Å². The van der Waals surface area contributed by atoms with E-state index < -0.39 is 0 Å². The maximum Gasteiger partial charge on any atom is 0.116 e. The van der Waals surface area contributed by atoms with Gasteiger partial charge in [-0.2, -0.15) is 0 Å². The van der Waals surface area contributed by atoms with Gasteiger partial charge in [-0.05, 0) is 23.8 Å². The summed E-state index contributed by atoms with van der Waals surface area (Å²) in [5.74, 6) is 0.912. The van der Waals surface area contributed by atoms with Crippen LogP contribution in [0.25, 0.3) is 0 Å². The number of nitrogens with one attached hydrogen (secondary N) is 2. The minimum absolute atomic E-state index is 0.369. The summed E-state index contributed by atoms with van der Waals surface area (Å²) in [4.78, 5) is 0. The Morgan fingerprint density at radius 2 is 2.23 bits per heavy atom. The fourth-order valence-electron chi connectivity index (χ4n) is 2.35. The van der Waals surface area contributed by atoms with Gasteiger partial charge in [0.1, 0.15) is 5.75 Å². The van der Waals surface area contributed by atoms with Crippen LogP contribution in [0.5, 0.6) is 5.75 Å². The number of phenolic OH excluding ortho intramolecular Hbond substituents is 1. The predicted molar refractivity (Wildman–Crippen MR) is 51.1 cm³/mol. The van der Waals surface area contributed by atoms with Crippen LogP contribution in [0.15, 0.2) is 18.2 Å². The van der Waals surface area contributed by atoms with Crippen LogP contribution in [0.3, 0.4) is 0 Å². The van der Waals surface area contributed by atoms with Crippen molar-refractivity contribution in [1.29, 1.82) is 0 Å². The first-order valence-electron chi connectivity index (χ1n) is 4.65. The van der Waals surface area contributed by atoms with Crippen molar-refractivity contribution in [1.82, 2.24) is 5.32 Å². The van der Waals surface area contributed by atoms with Crippen molar-refractivity contribution in [3.05, 3.63) is 23.8 Å². The van der Waals surface area contributed by atoms with Crippen LogP contribution in [0.1, 0.15) is 11.5 Å². The molecule has 0 aliphatic carbocycles. The third-order valence-corrected chi connectivity index (χ3v) is 2.99. The van der Waals surface area contributed by atoms with Gasteiger partial charge in [-0.15, -0.1) is 0 Å². The van der Waals surface area contributed by atoms with Gasteiger partial charge in [-0.3, -0.25) is 0 Å². The van der Waals surface area contributed by atoms with Crippen molar-refractivity contribution in [3.8, 4) is 5.75 Å². The lowest BCUT2D eigenvalue weighted by Crippen LogP contribution is -2.20. The lowest BCUT2D eigenvalue weighted by molar-refractivity contribution is 0.474. The number of anilines is 1. The monoisotopic (exact) mass is 176 g/mol. The van der Waals surface area contributed by atoms with E-state index in [1.807, 2.05) is 12.1 Å². The van der Waals surface area contributed by atoms with Crippen LogP contribution >= 0.6 is 0 Å². The van der Waals surface area contributed by atoms with Crippen molar-refractivity contribution < 1.29 is 5.11 Å². The zero-order valence-electron chi connectivity index (χ0n) is 7.25.